The SMILES string of the molecule is CCc1ccc(C(=O)NNC(=O)c2cnc3c(cnn3Cc3ccc(OC)cc3OC)c2)cc1. The molecule has 0 saturated carbocycles. The molecule has 0 aliphatic rings. The summed E-state index contributed by atoms with van der Waals surface area (Å²) in [5.41, 5.74) is 8.28. The number of nitrogens with zero attached hydrogens (tertiary/aromatic N) is 3. The van der Waals surface area contributed by atoms with Crippen LogP contribution in [0.3, 0.4) is 0 Å². The first-order valence-corrected chi connectivity index (χ1v) is 10.7. The quantitative estimate of drug-likeness (QED) is 0.411. The first-order chi connectivity index (χ1) is 16.5. The Balaban J connectivity index is 1.45. The van der Waals surface area contributed by atoms with Crippen molar-refractivity contribution < 1.29 is 19.1 Å². The van der Waals surface area contributed by atoms with Crippen LogP contribution in [0.4, 0.5) is 0 Å². The third-order valence-electron chi connectivity index (χ3n) is 5.47. The fraction of sp³-hybridized carbons (Fsp3) is 0.200. The van der Waals surface area contributed by atoms with Crippen LogP contribution in [-0.4, -0.2) is 40.8 Å². The molecule has 9 heteroatoms. The molecule has 0 aliphatic carbocycles. The normalized spacial score (nSPS) is 10.7. The lowest BCUT2D eigenvalue weighted by Gasteiger charge is -2.11. The van der Waals surface area contributed by atoms with Gasteiger partial charge in [-0.25, -0.2) is 9.67 Å². The fourth-order valence-electron chi connectivity index (χ4n) is 3.51. The maximum atomic E-state index is 12.5. The third kappa shape index (κ3) is 4.83. The number of nitrogens with one attached hydrogen (secondary N) is 2. The Hall–Kier alpha value is -4.40. The van der Waals surface area contributed by atoms with Gasteiger partial charge in [0.2, 0.25) is 0 Å². The Morgan fingerprint density at radius 3 is 2.32 bits per heavy atom. The molecule has 0 atom stereocenters. The molecule has 4 rings (SSSR count). The van der Waals surface area contributed by atoms with Crippen molar-refractivity contribution in [3.05, 3.63) is 83.2 Å². The first kappa shape index (κ1) is 22.8. The fourth-order valence-corrected chi connectivity index (χ4v) is 3.51. The highest BCUT2D eigenvalue weighted by molar-refractivity contribution is 6.00. The Labute approximate surface area is 196 Å². The maximum Gasteiger partial charge on any atom is 0.271 e. The number of amides is 2. The highest BCUT2D eigenvalue weighted by Crippen LogP contribution is 2.26. The highest BCUT2D eigenvalue weighted by Gasteiger charge is 2.14. The minimum absolute atomic E-state index is 0.302. The molecule has 174 valence electrons. The molecule has 0 bridgehead atoms. The van der Waals surface area contributed by atoms with Gasteiger partial charge < -0.3 is 9.47 Å². The monoisotopic (exact) mass is 459 g/mol. The molecular weight excluding hydrogens is 434 g/mol. The minimum atomic E-state index is -0.475. The van der Waals surface area contributed by atoms with E-state index >= 15 is 0 Å². The molecule has 0 fully saturated rings. The molecule has 0 spiro atoms. The predicted octanol–water partition coefficient (Wildman–Crippen LogP) is 3.13. The molecule has 2 aromatic heterocycles. The zero-order valence-electron chi connectivity index (χ0n) is 19.2. The molecule has 9 nitrogen and oxygen atoms in total. The minimum Gasteiger partial charge on any atom is -0.497 e. The van der Waals surface area contributed by atoms with E-state index in [0.717, 1.165) is 17.5 Å². The summed E-state index contributed by atoms with van der Waals surface area (Å²) in [6, 6.07) is 14.5. The Morgan fingerprint density at radius 1 is 0.912 bits per heavy atom. The number of hydrogen-bond acceptors (Lipinski definition) is 6. The second-order valence-electron chi connectivity index (χ2n) is 7.58. The molecule has 2 heterocycles. The van der Waals surface area contributed by atoms with Gasteiger partial charge in [-0.1, -0.05) is 19.1 Å². The second kappa shape index (κ2) is 10.0. The zero-order chi connectivity index (χ0) is 24.1. The van der Waals surface area contributed by atoms with Gasteiger partial charge in [-0.2, -0.15) is 5.10 Å². The van der Waals surface area contributed by atoms with E-state index in [1.54, 1.807) is 43.3 Å². The maximum absolute atomic E-state index is 12.5. The van der Waals surface area contributed by atoms with Crippen molar-refractivity contribution >= 4 is 22.8 Å². The Morgan fingerprint density at radius 2 is 1.65 bits per heavy atom. The first-order valence-electron chi connectivity index (χ1n) is 10.7. The summed E-state index contributed by atoms with van der Waals surface area (Å²) in [4.78, 5) is 29.2. The van der Waals surface area contributed by atoms with E-state index in [2.05, 4.69) is 20.9 Å². The summed E-state index contributed by atoms with van der Waals surface area (Å²) in [5.74, 6) is 0.507. The van der Waals surface area contributed by atoms with Crippen molar-refractivity contribution in [2.45, 2.75) is 19.9 Å². The van der Waals surface area contributed by atoms with Crippen LogP contribution in [0.1, 0.15) is 38.8 Å². The van der Waals surface area contributed by atoms with Crippen molar-refractivity contribution in [2.75, 3.05) is 14.2 Å². The Bertz CT molecular complexity index is 1330. The van der Waals surface area contributed by atoms with E-state index in [1.807, 2.05) is 37.3 Å². The van der Waals surface area contributed by atoms with Gasteiger partial charge in [-0.3, -0.25) is 20.4 Å². The van der Waals surface area contributed by atoms with E-state index in [0.29, 0.717) is 40.2 Å². The molecule has 2 N–H and O–H groups in total. The van der Waals surface area contributed by atoms with Crippen LogP contribution in [0.5, 0.6) is 11.5 Å². The van der Waals surface area contributed by atoms with Gasteiger partial charge in [-0.15, -0.1) is 0 Å². The average molecular weight is 460 g/mol. The van der Waals surface area contributed by atoms with Crippen LogP contribution in [0.15, 0.2) is 60.9 Å². The molecule has 4 aromatic rings. The number of fused-ring (bicyclic) bond motifs is 1. The van der Waals surface area contributed by atoms with Crippen LogP contribution in [0.25, 0.3) is 11.0 Å². The van der Waals surface area contributed by atoms with Crippen LogP contribution >= 0.6 is 0 Å². The van der Waals surface area contributed by atoms with Gasteiger partial charge in [0.15, 0.2) is 5.65 Å². The van der Waals surface area contributed by atoms with Crippen molar-refractivity contribution in [1.29, 1.82) is 0 Å². The summed E-state index contributed by atoms with van der Waals surface area (Å²) in [7, 11) is 3.20. The number of rotatable bonds is 7. The van der Waals surface area contributed by atoms with Crippen LogP contribution in [-0.2, 0) is 13.0 Å². The zero-order valence-corrected chi connectivity index (χ0v) is 19.2. The number of aryl methyl sites for hydroxylation is 1. The number of benzene rings is 2. The summed E-state index contributed by atoms with van der Waals surface area (Å²) < 4.78 is 12.4. The lowest BCUT2D eigenvalue weighted by atomic mass is 10.1. The number of methoxy groups -OCH3 is 2. The molecule has 0 unspecified atom stereocenters. The van der Waals surface area contributed by atoms with Crippen molar-refractivity contribution in [3.8, 4) is 11.5 Å². The summed E-state index contributed by atoms with van der Waals surface area (Å²) in [5, 5.41) is 5.10. The van der Waals surface area contributed by atoms with Crippen LogP contribution < -0.4 is 20.3 Å². The number of pyridine rings is 1. The smallest absolute Gasteiger partial charge is 0.271 e. The number of hydrogen-bond donors (Lipinski definition) is 2. The van der Waals surface area contributed by atoms with Gasteiger partial charge in [0, 0.05) is 28.8 Å². The Kier molecular flexibility index (Phi) is 6.72. The molecule has 34 heavy (non-hydrogen) atoms. The number of aromatic nitrogens is 3. The molecular formula is C25H25N5O4. The standard InChI is InChI=1S/C25H25N5O4/c1-4-16-5-7-17(8-6-16)24(31)28-29-25(32)20-11-19-14-27-30(23(19)26-13-20)15-18-9-10-21(33-2)12-22(18)34-3/h5-14H,4,15H2,1-3H3,(H,28,31)(H,29,32). The number of carbonyl (C=O) groups is 2. The van der Waals surface area contributed by atoms with E-state index in [1.165, 1.54) is 6.20 Å². The van der Waals surface area contributed by atoms with Crippen LogP contribution in [0, 0.1) is 0 Å². The average Bonchev–Trinajstić information content (AvgIpc) is 3.29. The van der Waals surface area contributed by atoms with E-state index in [-0.39, 0.29) is 0 Å². The predicted molar refractivity (Wildman–Crippen MR) is 127 cm³/mol. The molecule has 0 radical (unpaired) electrons. The van der Waals surface area contributed by atoms with E-state index in [9.17, 15) is 9.59 Å². The largest absolute Gasteiger partial charge is 0.497 e. The van der Waals surface area contributed by atoms with Gasteiger partial charge >= 0.3 is 0 Å². The summed E-state index contributed by atoms with van der Waals surface area (Å²) in [6.45, 7) is 2.47. The van der Waals surface area contributed by atoms with Crippen molar-refractivity contribution in [1.82, 2.24) is 25.6 Å². The number of hydrazine groups is 1. The summed E-state index contributed by atoms with van der Waals surface area (Å²) >= 11 is 0. The van der Waals surface area contributed by atoms with Gasteiger partial charge in [-0.05, 0) is 42.3 Å². The third-order valence-corrected chi connectivity index (χ3v) is 5.47. The van der Waals surface area contributed by atoms with E-state index in [4.69, 9.17) is 9.47 Å². The van der Waals surface area contributed by atoms with E-state index < -0.39 is 11.8 Å². The molecule has 2 aromatic carbocycles. The topological polar surface area (TPSA) is 107 Å². The van der Waals surface area contributed by atoms with Gasteiger partial charge in [0.1, 0.15) is 11.5 Å². The molecule has 2 amide bonds. The number of carbonyl (C=O) groups excluding carboxylic acids is 2. The van der Waals surface area contributed by atoms with Crippen molar-refractivity contribution in [3.63, 3.8) is 0 Å². The number of ether oxygens (including phenoxy) is 2. The van der Waals surface area contributed by atoms with Crippen molar-refractivity contribution in [2.24, 2.45) is 0 Å². The van der Waals surface area contributed by atoms with Gasteiger partial charge in [0.25, 0.3) is 11.8 Å². The lowest BCUT2D eigenvalue weighted by Crippen LogP contribution is -2.41. The molecule has 0 saturated heterocycles. The van der Waals surface area contributed by atoms with Gasteiger partial charge in [0.05, 0.1) is 32.5 Å². The molecule has 0 aliphatic heterocycles. The highest BCUT2D eigenvalue weighted by atomic mass is 16.5. The lowest BCUT2D eigenvalue weighted by molar-refractivity contribution is 0.0846. The summed E-state index contributed by atoms with van der Waals surface area (Å²) in [6.07, 6.45) is 3.98. The second-order valence-corrected chi connectivity index (χ2v) is 7.58. The van der Waals surface area contributed by atoms with Crippen LogP contribution in [0.2, 0.25) is 0 Å².